The van der Waals surface area contributed by atoms with Crippen molar-refractivity contribution in [3.8, 4) is 0 Å². The zero-order valence-electron chi connectivity index (χ0n) is 10.5. The fraction of sp³-hybridized carbons (Fsp3) is 0.545. The van der Waals surface area contributed by atoms with Gasteiger partial charge in [-0.3, -0.25) is 4.79 Å². The SMILES string of the molecule is CC[C@H]1C(=O)Nc2c(C)nc(NC)nc2N1C. The van der Waals surface area contributed by atoms with Crippen LogP contribution in [0.4, 0.5) is 17.5 Å². The van der Waals surface area contributed by atoms with Gasteiger partial charge in [0.1, 0.15) is 11.7 Å². The molecule has 2 heterocycles. The van der Waals surface area contributed by atoms with Crippen LogP contribution in [0.15, 0.2) is 0 Å². The Kier molecular flexibility index (Phi) is 2.87. The summed E-state index contributed by atoms with van der Waals surface area (Å²) in [5.74, 6) is 1.35. The number of nitrogens with one attached hydrogen (secondary N) is 2. The molecule has 1 aromatic heterocycles. The molecule has 0 unspecified atom stereocenters. The van der Waals surface area contributed by atoms with Gasteiger partial charge in [-0.15, -0.1) is 0 Å². The van der Waals surface area contributed by atoms with Crippen molar-refractivity contribution < 1.29 is 4.79 Å². The minimum atomic E-state index is -0.165. The highest BCUT2D eigenvalue weighted by molar-refractivity contribution is 6.03. The first-order valence-corrected chi connectivity index (χ1v) is 5.68. The molecule has 0 fully saturated rings. The van der Waals surface area contributed by atoms with Gasteiger partial charge in [0.2, 0.25) is 11.9 Å². The Bertz CT molecular complexity index is 459. The molecule has 0 saturated heterocycles. The van der Waals surface area contributed by atoms with Crippen LogP contribution in [0, 0.1) is 6.92 Å². The number of likely N-dealkylation sites (N-methyl/N-ethyl adjacent to an activating group) is 1. The van der Waals surface area contributed by atoms with E-state index in [1.54, 1.807) is 7.05 Å². The average Bonchev–Trinajstić information content (AvgIpc) is 2.31. The number of anilines is 3. The molecular formula is C11H17N5O. The molecule has 0 aliphatic carbocycles. The van der Waals surface area contributed by atoms with Crippen LogP contribution in [0.1, 0.15) is 19.0 Å². The Morgan fingerprint density at radius 2 is 2.18 bits per heavy atom. The lowest BCUT2D eigenvalue weighted by Gasteiger charge is -2.34. The maximum absolute atomic E-state index is 11.9. The molecule has 6 heteroatoms. The second-order valence-electron chi connectivity index (χ2n) is 4.11. The number of carbonyl (C=O) groups excluding carboxylic acids is 1. The molecule has 2 rings (SSSR count). The smallest absolute Gasteiger partial charge is 0.247 e. The van der Waals surface area contributed by atoms with E-state index >= 15 is 0 Å². The van der Waals surface area contributed by atoms with Crippen LogP contribution in [0.5, 0.6) is 0 Å². The summed E-state index contributed by atoms with van der Waals surface area (Å²) < 4.78 is 0. The third kappa shape index (κ3) is 1.79. The Morgan fingerprint density at radius 1 is 1.47 bits per heavy atom. The molecule has 6 nitrogen and oxygen atoms in total. The van der Waals surface area contributed by atoms with E-state index in [1.807, 2.05) is 25.8 Å². The summed E-state index contributed by atoms with van der Waals surface area (Å²) in [5.41, 5.74) is 1.48. The monoisotopic (exact) mass is 235 g/mol. The average molecular weight is 235 g/mol. The van der Waals surface area contributed by atoms with Crippen molar-refractivity contribution in [2.75, 3.05) is 29.6 Å². The lowest BCUT2D eigenvalue weighted by molar-refractivity contribution is -0.117. The van der Waals surface area contributed by atoms with Gasteiger partial charge in [0, 0.05) is 14.1 Å². The Hall–Kier alpha value is -1.85. The number of hydrogen-bond donors (Lipinski definition) is 2. The largest absolute Gasteiger partial charge is 0.357 e. The van der Waals surface area contributed by atoms with Gasteiger partial charge in [0.25, 0.3) is 0 Å². The fourth-order valence-corrected chi connectivity index (χ4v) is 2.06. The van der Waals surface area contributed by atoms with Crippen LogP contribution in [0.25, 0.3) is 0 Å². The number of rotatable bonds is 2. The maximum Gasteiger partial charge on any atom is 0.247 e. The van der Waals surface area contributed by atoms with Gasteiger partial charge < -0.3 is 15.5 Å². The number of aryl methyl sites for hydroxylation is 1. The Morgan fingerprint density at radius 3 is 2.76 bits per heavy atom. The molecule has 1 aliphatic rings. The van der Waals surface area contributed by atoms with Crippen molar-refractivity contribution in [3.63, 3.8) is 0 Å². The Labute approximate surface area is 100 Å². The summed E-state index contributed by atoms with van der Waals surface area (Å²) in [5, 5.41) is 5.80. The van der Waals surface area contributed by atoms with Crippen LogP contribution < -0.4 is 15.5 Å². The van der Waals surface area contributed by atoms with Gasteiger partial charge in [-0.05, 0) is 13.3 Å². The van der Waals surface area contributed by atoms with Crippen LogP contribution in [-0.2, 0) is 4.79 Å². The molecule has 0 saturated carbocycles. The highest BCUT2D eigenvalue weighted by atomic mass is 16.2. The Balaban J connectivity index is 2.53. The molecule has 92 valence electrons. The van der Waals surface area contributed by atoms with Gasteiger partial charge >= 0.3 is 0 Å². The second kappa shape index (κ2) is 4.20. The fourth-order valence-electron chi connectivity index (χ4n) is 2.06. The van der Waals surface area contributed by atoms with E-state index < -0.39 is 0 Å². The van der Waals surface area contributed by atoms with E-state index in [0.717, 1.165) is 17.9 Å². The molecule has 2 N–H and O–H groups in total. The van der Waals surface area contributed by atoms with E-state index in [4.69, 9.17) is 0 Å². The highest BCUT2D eigenvalue weighted by Gasteiger charge is 2.31. The topological polar surface area (TPSA) is 70.1 Å². The number of fused-ring (bicyclic) bond motifs is 1. The first-order valence-electron chi connectivity index (χ1n) is 5.68. The summed E-state index contributed by atoms with van der Waals surface area (Å²) >= 11 is 0. The maximum atomic E-state index is 11.9. The molecule has 1 aromatic rings. The first-order chi connectivity index (χ1) is 8.08. The zero-order chi connectivity index (χ0) is 12.6. The van der Waals surface area contributed by atoms with Crippen molar-refractivity contribution in [1.29, 1.82) is 0 Å². The van der Waals surface area contributed by atoms with Gasteiger partial charge in [-0.1, -0.05) is 6.92 Å². The molecular weight excluding hydrogens is 218 g/mol. The van der Waals surface area contributed by atoms with Crippen LogP contribution >= 0.6 is 0 Å². The number of carbonyl (C=O) groups is 1. The zero-order valence-corrected chi connectivity index (χ0v) is 10.5. The van der Waals surface area contributed by atoms with E-state index in [0.29, 0.717) is 11.6 Å². The number of hydrogen-bond acceptors (Lipinski definition) is 5. The lowest BCUT2D eigenvalue weighted by Crippen LogP contribution is -2.46. The number of amides is 1. The summed E-state index contributed by atoms with van der Waals surface area (Å²) in [4.78, 5) is 22.4. The van der Waals surface area contributed by atoms with Gasteiger partial charge in [-0.2, -0.15) is 4.98 Å². The van der Waals surface area contributed by atoms with Crippen molar-refractivity contribution in [1.82, 2.24) is 9.97 Å². The van der Waals surface area contributed by atoms with Gasteiger partial charge in [-0.25, -0.2) is 4.98 Å². The predicted molar refractivity (Wildman–Crippen MR) is 67.4 cm³/mol. The highest BCUT2D eigenvalue weighted by Crippen LogP contribution is 2.32. The minimum absolute atomic E-state index is 0.00593. The first kappa shape index (κ1) is 11.6. The van der Waals surface area contributed by atoms with Crippen molar-refractivity contribution >= 4 is 23.4 Å². The predicted octanol–water partition coefficient (Wildman–Crippen LogP) is 0.994. The standard InChI is InChI=1S/C11H17N5O/c1-5-7-10(17)14-8-6(2)13-11(12-3)15-9(8)16(7)4/h7H,5H2,1-4H3,(H,14,17)(H,12,13,15)/t7-/m0/s1. The van der Waals surface area contributed by atoms with Crippen LogP contribution in [0.2, 0.25) is 0 Å². The molecule has 1 amide bonds. The summed E-state index contributed by atoms with van der Waals surface area (Å²) in [6.07, 6.45) is 0.750. The van der Waals surface area contributed by atoms with Crippen molar-refractivity contribution in [2.24, 2.45) is 0 Å². The van der Waals surface area contributed by atoms with E-state index in [1.165, 1.54) is 0 Å². The lowest BCUT2D eigenvalue weighted by atomic mass is 10.1. The van der Waals surface area contributed by atoms with Gasteiger partial charge in [0.15, 0.2) is 5.82 Å². The van der Waals surface area contributed by atoms with Crippen molar-refractivity contribution in [3.05, 3.63) is 5.69 Å². The summed E-state index contributed by atoms with van der Waals surface area (Å²) in [6.45, 7) is 3.85. The third-order valence-corrected chi connectivity index (χ3v) is 3.03. The van der Waals surface area contributed by atoms with Crippen LogP contribution in [0.3, 0.4) is 0 Å². The summed E-state index contributed by atoms with van der Waals surface area (Å²) in [7, 11) is 3.66. The molecule has 0 radical (unpaired) electrons. The third-order valence-electron chi connectivity index (χ3n) is 3.03. The molecule has 1 aliphatic heterocycles. The molecule has 0 bridgehead atoms. The van der Waals surface area contributed by atoms with E-state index in [9.17, 15) is 4.79 Å². The number of aromatic nitrogens is 2. The molecule has 0 aromatic carbocycles. The summed E-state index contributed by atoms with van der Waals surface area (Å²) in [6, 6.07) is -0.165. The molecule has 1 atom stereocenters. The van der Waals surface area contributed by atoms with E-state index in [2.05, 4.69) is 20.6 Å². The van der Waals surface area contributed by atoms with E-state index in [-0.39, 0.29) is 11.9 Å². The molecule has 0 spiro atoms. The van der Waals surface area contributed by atoms with Gasteiger partial charge in [0.05, 0.1) is 5.69 Å². The molecule has 17 heavy (non-hydrogen) atoms. The second-order valence-corrected chi connectivity index (χ2v) is 4.11. The van der Waals surface area contributed by atoms with Crippen LogP contribution in [-0.4, -0.2) is 36.0 Å². The van der Waals surface area contributed by atoms with Crippen molar-refractivity contribution in [2.45, 2.75) is 26.3 Å². The normalized spacial score (nSPS) is 18.7. The quantitative estimate of drug-likeness (QED) is 0.800. The number of nitrogens with zero attached hydrogens (tertiary/aromatic N) is 3. The minimum Gasteiger partial charge on any atom is -0.357 e.